The van der Waals surface area contributed by atoms with Gasteiger partial charge in [-0.2, -0.15) is 0 Å². The average Bonchev–Trinajstić information content (AvgIpc) is 3.19. The Kier molecular flexibility index (Phi) is 9.60. The van der Waals surface area contributed by atoms with Crippen molar-refractivity contribution in [2.24, 2.45) is 5.92 Å². The van der Waals surface area contributed by atoms with Gasteiger partial charge in [-0.1, -0.05) is 29.3 Å². The molecule has 0 saturated carbocycles. The first-order valence-electron chi connectivity index (χ1n) is 13.6. The van der Waals surface area contributed by atoms with Crippen molar-refractivity contribution in [2.45, 2.75) is 58.2 Å². The van der Waals surface area contributed by atoms with Crippen LogP contribution in [-0.2, 0) is 29.0 Å². The summed E-state index contributed by atoms with van der Waals surface area (Å²) in [7, 11) is 0. The molecule has 15 heteroatoms. The van der Waals surface area contributed by atoms with Crippen LogP contribution in [0.3, 0.4) is 0 Å². The molecule has 3 N–H and O–H groups in total. The van der Waals surface area contributed by atoms with E-state index in [1.165, 1.54) is 12.3 Å². The van der Waals surface area contributed by atoms with Gasteiger partial charge >= 0.3 is 11.8 Å². The molecule has 1 aliphatic heterocycles. The number of imidazole rings is 1. The molecular formula is C29H31Cl2F4N5O4. The van der Waals surface area contributed by atoms with Gasteiger partial charge in [0.15, 0.2) is 11.6 Å². The predicted molar refractivity (Wildman–Crippen MR) is 158 cm³/mol. The van der Waals surface area contributed by atoms with E-state index < -0.39 is 72.1 Å². The zero-order valence-electron chi connectivity index (χ0n) is 24.1. The lowest BCUT2D eigenvalue weighted by molar-refractivity contribution is -0.117. The fourth-order valence-electron chi connectivity index (χ4n) is 4.83. The lowest BCUT2D eigenvalue weighted by atomic mass is 9.92. The maximum atomic E-state index is 15.4. The number of nitrogens with one attached hydrogen (secondary N) is 1. The Balaban J connectivity index is 1.62. The number of halogens is 6. The topological polar surface area (TPSA) is 112 Å². The Bertz CT molecular complexity index is 1640. The zero-order valence-corrected chi connectivity index (χ0v) is 25.6. The number of nitrogens with two attached hydrogens (primary N) is 1. The number of carbonyl (C=O) groups excluding carboxylic acids is 2. The highest BCUT2D eigenvalue weighted by Crippen LogP contribution is 2.35. The van der Waals surface area contributed by atoms with Crippen LogP contribution in [0.4, 0.5) is 33.7 Å². The second-order valence-electron chi connectivity index (χ2n) is 11.6. The van der Waals surface area contributed by atoms with Crippen LogP contribution in [-0.4, -0.2) is 50.6 Å². The van der Waals surface area contributed by atoms with Crippen LogP contribution in [0.1, 0.15) is 38.4 Å². The van der Waals surface area contributed by atoms with Crippen LogP contribution < -0.4 is 16.7 Å². The van der Waals surface area contributed by atoms with Crippen molar-refractivity contribution in [3.05, 3.63) is 80.0 Å². The summed E-state index contributed by atoms with van der Waals surface area (Å²) >= 11 is 12.3. The van der Waals surface area contributed by atoms with E-state index in [0.29, 0.717) is 10.6 Å². The molecule has 1 fully saturated rings. The van der Waals surface area contributed by atoms with Crippen LogP contribution >= 0.6 is 23.2 Å². The summed E-state index contributed by atoms with van der Waals surface area (Å²) in [5.74, 6) is -8.24. The molecule has 1 aromatic heterocycles. The van der Waals surface area contributed by atoms with Gasteiger partial charge in [0, 0.05) is 47.4 Å². The standard InChI is InChI=1S/C29H31Cl2F4N5O4/c1-28(2,3)44-27(43)38-9-8-17(29(34,35)15-38)12-40-19(10-16-4-5-18(30)11-20(16)31)13-39(26(40)42)14-23(41)37-25-22(36)7-6-21(32)24(25)33/h4-7,11,13,17H,8-10,12,14-15,36H2,1-3H3,(H,37,41). The lowest BCUT2D eigenvalue weighted by Gasteiger charge is -2.39. The number of nitrogens with zero attached hydrogens (tertiary/aromatic N) is 3. The summed E-state index contributed by atoms with van der Waals surface area (Å²) in [4.78, 5) is 39.7. The summed E-state index contributed by atoms with van der Waals surface area (Å²) in [6, 6.07) is 6.55. The molecule has 44 heavy (non-hydrogen) atoms. The summed E-state index contributed by atoms with van der Waals surface area (Å²) in [5, 5.41) is 2.80. The van der Waals surface area contributed by atoms with E-state index in [1.807, 2.05) is 0 Å². The van der Waals surface area contributed by atoms with Crippen molar-refractivity contribution in [3.63, 3.8) is 0 Å². The summed E-state index contributed by atoms with van der Waals surface area (Å²) in [5.41, 5.74) is 3.98. The Hall–Kier alpha value is -3.71. The number of benzene rings is 2. The first kappa shape index (κ1) is 33.2. The molecule has 2 aromatic carbocycles. The number of anilines is 2. The third-order valence-corrected chi connectivity index (χ3v) is 7.61. The third-order valence-electron chi connectivity index (χ3n) is 7.02. The van der Waals surface area contributed by atoms with Crippen molar-refractivity contribution in [2.75, 3.05) is 24.1 Å². The Labute approximate surface area is 260 Å². The van der Waals surface area contributed by atoms with Crippen molar-refractivity contribution < 1.29 is 31.9 Å². The van der Waals surface area contributed by atoms with Crippen LogP contribution in [0.5, 0.6) is 0 Å². The minimum Gasteiger partial charge on any atom is -0.444 e. The Morgan fingerprint density at radius 2 is 1.86 bits per heavy atom. The van der Waals surface area contributed by atoms with Crippen LogP contribution in [0.15, 0.2) is 41.3 Å². The Morgan fingerprint density at radius 1 is 1.16 bits per heavy atom. The monoisotopic (exact) mass is 659 g/mol. The summed E-state index contributed by atoms with van der Waals surface area (Å²) < 4.78 is 66.1. The van der Waals surface area contributed by atoms with E-state index >= 15 is 8.78 Å². The first-order valence-corrected chi connectivity index (χ1v) is 14.3. The molecule has 2 amide bonds. The maximum Gasteiger partial charge on any atom is 0.410 e. The van der Waals surface area contributed by atoms with Gasteiger partial charge in [0.1, 0.15) is 17.8 Å². The van der Waals surface area contributed by atoms with Gasteiger partial charge in [0.25, 0.3) is 5.92 Å². The molecule has 2 heterocycles. The number of hydrogen-bond donors (Lipinski definition) is 2. The minimum atomic E-state index is -3.38. The second-order valence-corrected chi connectivity index (χ2v) is 12.4. The number of alkyl halides is 2. The van der Waals surface area contributed by atoms with Gasteiger partial charge in [-0.3, -0.25) is 13.9 Å². The molecule has 1 aliphatic rings. The molecule has 1 unspecified atom stereocenters. The Morgan fingerprint density at radius 3 is 2.50 bits per heavy atom. The quantitative estimate of drug-likeness (QED) is 0.241. The number of nitrogen functional groups attached to an aromatic ring is 1. The fraction of sp³-hybridized carbons (Fsp3) is 0.414. The highest BCUT2D eigenvalue weighted by Gasteiger charge is 2.47. The molecule has 1 atom stereocenters. The number of hydrogen-bond acceptors (Lipinski definition) is 5. The number of likely N-dealkylation sites (tertiary alicyclic amines) is 1. The normalized spacial score (nSPS) is 16.6. The van der Waals surface area contributed by atoms with E-state index in [4.69, 9.17) is 33.7 Å². The van der Waals surface area contributed by atoms with E-state index in [1.54, 1.807) is 32.9 Å². The van der Waals surface area contributed by atoms with Crippen molar-refractivity contribution in [1.29, 1.82) is 0 Å². The van der Waals surface area contributed by atoms with Crippen LogP contribution in [0.25, 0.3) is 0 Å². The van der Waals surface area contributed by atoms with Gasteiger partial charge in [-0.25, -0.2) is 27.2 Å². The van der Waals surface area contributed by atoms with Gasteiger partial charge in [0.2, 0.25) is 5.91 Å². The maximum absolute atomic E-state index is 15.4. The number of carbonyl (C=O) groups is 2. The number of rotatable bonds is 7. The molecule has 0 bridgehead atoms. The van der Waals surface area contributed by atoms with Crippen LogP contribution in [0.2, 0.25) is 10.0 Å². The summed E-state index contributed by atoms with van der Waals surface area (Å²) in [6.07, 6.45) is 0.335. The van der Waals surface area contributed by atoms with Crippen molar-refractivity contribution in [1.82, 2.24) is 14.0 Å². The average molecular weight is 660 g/mol. The summed E-state index contributed by atoms with van der Waals surface area (Å²) in [6.45, 7) is 2.88. The van der Waals surface area contributed by atoms with Crippen LogP contribution in [0, 0.1) is 17.6 Å². The molecule has 238 valence electrons. The zero-order chi connectivity index (χ0) is 32.6. The molecular weight excluding hydrogens is 629 g/mol. The number of aromatic nitrogens is 2. The van der Waals surface area contributed by atoms with E-state index in [9.17, 15) is 23.2 Å². The second kappa shape index (κ2) is 12.7. The smallest absolute Gasteiger partial charge is 0.410 e. The van der Waals surface area contributed by atoms with Crippen molar-refractivity contribution >= 4 is 46.6 Å². The van der Waals surface area contributed by atoms with Gasteiger partial charge in [0.05, 0.1) is 12.2 Å². The predicted octanol–water partition coefficient (Wildman–Crippen LogP) is 5.94. The number of amides is 2. The number of ether oxygens (including phenoxy) is 1. The van der Waals surface area contributed by atoms with E-state index in [0.717, 1.165) is 26.2 Å². The van der Waals surface area contributed by atoms with Gasteiger partial charge in [-0.05, 0) is 57.0 Å². The number of piperidine rings is 1. The minimum absolute atomic E-state index is 0.0215. The fourth-order valence-corrected chi connectivity index (χ4v) is 5.31. The highest BCUT2D eigenvalue weighted by atomic mass is 35.5. The lowest BCUT2D eigenvalue weighted by Crippen LogP contribution is -2.53. The third kappa shape index (κ3) is 7.68. The largest absolute Gasteiger partial charge is 0.444 e. The molecule has 0 aliphatic carbocycles. The van der Waals surface area contributed by atoms with Gasteiger partial charge in [-0.15, -0.1) is 0 Å². The molecule has 1 saturated heterocycles. The van der Waals surface area contributed by atoms with E-state index in [2.05, 4.69) is 5.32 Å². The van der Waals surface area contributed by atoms with E-state index in [-0.39, 0.29) is 35.8 Å². The molecule has 4 rings (SSSR count). The van der Waals surface area contributed by atoms with Crippen molar-refractivity contribution in [3.8, 4) is 0 Å². The SMILES string of the molecule is CC(C)(C)OC(=O)N1CCC(Cn2c(Cc3ccc(Cl)cc3Cl)cn(CC(=O)Nc3c(N)ccc(F)c3F)c2=O)C(F)(F)C1. The molecule has 0 radical (unpaired) electrons. The molecule has 0 spiro atoms. The molecule has 3 aromatic rings. The van der Waals surface area contributed by atoms with Gasteiger partial charge < -0.3 is 20.7 Å². The molecule has 9 nitrogen and oxygen atoms in total. The first-order chi connectivity index (χ1) is 20.4. The highest BCUT2D eigenvalue weighted by molar-refractivity contribution is 6.35.